The lowest BCUT2D eigenvalue weighted by Gasteiger charge is -2.35. The maximum atomic E-state index is 13.4. The van der Waals surface area contributed by atoms with Crippen molar-refractivity contribution in [2.75, 3.05) is 13.7 Å². The second kappa shape index (κ2) is 10.9. The summed E-state index contributed by atoms with van der Waals surface area (Å²) in [4.78, 5) is 31.2. The zero-order chi connectivity index (χ0) is 24.6. The number of pyridine rings is 1. The maximum absolute atomic E-state index is 13.4. The van der Waals surface area contributed by atoms with E-state index in [1.165, 1.54) is 6.20 Å². The number of nitrogens with zero attached hydrogens (tertiary/aromatic N) is 3. The number of carbonyl (C=O) groups excluding carboxylic acids is 2. The number of hydrogen-bond acceptors (Lipinski definition) is 7. The first-order chi connectivity index (χ1) is 16.5. The zero-order valence-corrected chi connectivity index (χ0v) is 18.9. The van der Waals surface area contributed by atoms with Crippen LogP contribution in [0.15, 0.2) is 72.9 Å². The average Bonchev–Trinajstić information content (AvgIpc) is 2.88. The molecule has 3 aromatic rings. The summed E-state index contributed by atoms with van der Waals surface area (Å²) in [6, 6.07) is 23.8. The molecule has 2 aromatic carbocycles. The summed E-state index contributed by atoms with van der Waals surface area (Å²) in [5, 5.41) is 19.9. The Morgan fingerprint density at radius 3 is 2.21 bits per heavy atom. The summed E-state index contributed by atoms with van der Waals surface area (Å²) in [6.07, 6.45) is 0.994. The monoisotopic (exact) mass is 453 g/mol. The van der Waals surface area contributed by atoms with E-state index in [4.69, 9.17) is 9.47 Å². The third kappa shape index (κ3) is 4.37. The maximum Gasteiger partial charge on any atom is 0.325 e. The van der Waals surface area contributed by atoms with E-state index in [-0.39, 0.29) is 17.9 Å². The molecule has 34 heavy (non-hydrogen) atoms. The van der Waals surface area contributed by atoms with Crippen molar-refractivity contribution in [3.05, 3.63) is 89.7 Å². The molecular formula is C27H23N3O4. The average molecular weight is 453 g/mol. The van der Waals surface area contributed by atoms with Gasteiger partial charge in [-0.05, 0) is 24.1 Å². The summed E-state index contributed by atoms with van der Waals surface area (Å²) in [5.74, 6) is -2.96. The molecule has 0 spiro atoms. The predicted octanol–water partition coefficient (Wildman–Crippen LogP) is 4.39. The first kappa shape index (κ1) is 24.2. The van der Waals surface area contributed by atoms with Gasteiger partial charge in [0.1, 0.15) is 6.07 Å². The van der Waals surface area contributed by atoms with Crippen LogP contribution in [0.5, 0.6) is 0 Å². The minimum atomic E-state index is -2.07. The van der Waals surface area contributed by atoms with Crippen LogP contribution in [0.4, 0.5) is 0 Å². The molecule has 170 valence electrons. The van der Waals surface area contributed by atoms with Gasteiger partial charge >= 0.3 is 11.9 Å². The lowest BCUT2D eigenvalue weighted by atomic mass is 9.67. The van der Waals surface area contributed by atoms with Gasteiger partial charge in [-0.2, -0.15) is 10.5 Å². The van der Waals surface area contributed by atoms with Crippen molar-refractivity contribution in [2.45, 2.75) is 19.3 Å². The SMILES string of the molecule is CCOC(=O)C(CC#N)(C(=O)OC)C(c1ccccc1)c1nccc(-c2ccccc2)c1C#N. The van der Waals surface area contributed by atoms with Crippen molar-refractivity contribution in [3.8, 4) is 23.3 Å². The number of esters is 2. The molecule has 1 heterocycles. The van der Waals surface area contributed by atoms with Crippen LogP contribution in [0.3, 0.4) is 0 Å². The van der Waals surface area contributed by atoms with Gasteiger partial charge in [-0.3, -0.25) is 14.6 Å². The number of ether oxygens (including phenoxy) is 2. The van der Waals surface area contributed by atoms with Gasteiger partial charge in [0.05, 0.1) is 43.4 Å². The minimum absolute atomic E-state index is 0.00684. The Morgan fingerprint density at radius 2 is 1.65 bits per heavy atom. The van der Waals surface area contributed by atoms with E-state index in [9.17, 15) is 20.1 Å². The highest BCUT2D eigenvalue weighted by atomic mass is 16.6. The minimum Gasteiger partial charge on any atom is -0.468 e. The Bertz CT molecular complexity index is 1250. The number of nitriles is 2. The van der Waals surface area contributed by atoms with Crippen LogP contribution in [0.25, 0.3) is 11.1 Å². The quantitative estimate of drug-likeness (QED) is 0.367. The Kier molecular flexibility index (Phi) is 7.74. The number of benzene rings is 2. The van der Waals surface area contributed by atoms with Crippen molar-refractivity contribution in [3.63, 3.8) is 0 Å². The molecule has 0 saturated heterocycles. The smallest absolute Gasteiger partial charge is 0.325 e. The fraction of sp³-hybridized carbons (Fsp3) is 0.222. The highest BCUT2D eigenvalue weighted by Crippen LogP contribution is 2.47. The Morgan fingerprint density at radius 1 is 1.00 bits per heavy atom. The number of aromatic nitrogens is 1. The third-order valence-electron chi connectivity index (χ3n) is 5.62. The molecule has 7 heteroatoms. The molecule has 1 aromatic heterocycles. The molecule has 0 N–H and O–H groups in total. The van der Waals surface area contributed by atoms with Gasteiger partial charge in [-0.1, -0.05) is 60.7 Å². The van der Waals surface area contributed by atoms with Crippen molar-refractivity contribution in [1.82, 2.24) is 4.98 Å². The molecular weight excluding hydrogens is 430 g/mol. The molecule has 3 rings (SSSR count). The van der Waals surface area contributed by atoms with Crippen LogP contribution >= 0.6 is 0 Å². The van der Waals surface area contributed by atoms with Crippen LogP contribution in [-0.4, -0.2) is 30.6 Å². The second-order valence-corrected chi connectivity index (χ2v) is 7.46. The normalized spacial score (nSPS) is 12.9. The van der Waals surface area contributed by atoms with Crippen LogP contribution < -0.4 is 0 Å². The van der Waals surface area contributed by atoms with Gasteiger partial charge in [0.15, 0.2) is 5.41 Å². The standard InChI is InChI=1S/C27H23N3O4/c1-3-34-26(32)27(15-16-28,25(31)33-2)23(20-12-8-5-9-13-20)24-22(18-29)21(14-17-30-24)19-10-6-4-7-11-19/h4-14,17,23H,3,15H2,1-2H3. The van der Waals surface area contributed by atoms with E-state index in [2.05, 4.69) is 11.1 Å². The van der Waals surface area contributed by atoms with Gasteiger partial charge in [-0.15, -0.1) is 0 Å². The lowest BCUT2D eigenvalue weighted by molar-refractivity contribution is -0.171. The number of rotatable bonds is 8. The van der Waals surface area contributed by atoms with E-state index in [0.29, 0.717) is 11.1 Å². The van der Waals surface area contributed by atoms with E-state index >= 15 is 0 Å². The number of carbonyl (C=O) groups is 2. The Balaban J connectivity index is 2.42. The Hall–Kier alpha value is -4.49. The second-order valence-electron chi connectivity index (χ2n) is 7.46. The molecule has 0 fully saturated rings. The molecule has 0 aliphatic rings. The molecule has 7 nitrogen and oxygen atoms in total. The molecule has 0 radical (unpaired) electrons. The van der Waals surface area contributed by atoms with Crippen molar-refractivity contribution >= 4 is 11.9 Å². The summed E-state index contributed by atoms with van der Waals surface area (Å²) in [6.45, 7) is 1.60. The highest BCUT2D eigenvalue weighted by molar-refractivity contribution is 6.02. The molecule has 0 aliphatic carbocycles. The molecule has 0 bridgehead atoms. The van der Waals surface area contributed by atoms with E-state index < -0.39 is 29.7 Å². The van der Waals surface area contributed by atoms with Gasteiger partial charge in [-0.25, -0.2) is 0 Å². The molecule has 0 aliphatic heterocycles. The first-order valence-corrected chi connectivity index (χ1v) is 10.7. The number of hydrogen-bond donors (Lipinski definition) is 0. The van der Waals surface area contributed by atoms with Crippen LogP contribution in [0.1, 0.15) is 36.1 Å². The van der Waals surface area contributed by atoms with E-state index in [1.807, 2.05) is 36.4 Å². The van der Waals surface area contributed by atoms with Crippen molar-refractivity contribution in [2.24, 2.45) is 5.41 Å². The van der Waals surface area contributed by atoms with Crippen molar-refractivity contribution in [1.29, 1.82) is 10.5 Å². The third-order valence-corrected chi connectivity index (χ3v) is 5.62. The van der Waals surface area contributed by atoms with Crippen molar-refractivity contribution < 1.29 is 19.1 Å². The summed E-state index contributed by atoms with van der Waals surface area (Å²) in [5.41, 5.74) is 0.185. The first-order valence-electron chi connectivity index (χ1n) is 10.7. The molecule has 0 amide bonds. The highest BCUT2D eigenvalue weighted by Gasteiger charge is 2.57. The van der Waals surface area contributed by atoms with Gasteiger partial charge in [0, 0.05) is 11.8 Å². The predicted molar refractivity (Wildman–Crippen MR) is 124 cm³/mol. The Labute approximate surface area is 198 Å². The van der Waals surface area contributed by atoms with Gasteiger partial charge < -0.3 is 9.47 Å². The summed E-state index contributed by atoms with van der Waals surface area (Å²) < 4.78 is 10.3. The van der Waals surface area contributed by atoms with E-state index in [0.717, 1.165) is 12.7 Å². The molecule has 2 atom stereocenters. The summed E-state index contributed by atoms with van der Waals surface area (Å²) in [7, 11) is 1.15. The fourth-order valence-corrected chi connectivity index (χ4v) is 4.13. The van der Waals surface area contributed by atoms with E-state index in [1.54, 1.807) is 43.3 Å². The van der Waals surface area contributed by atoms with Gasteiger partial charge in [0.2, 0.25) is 0 Å². The number of methoxy groups -OCH3 is 1. The topological polar surface area (TPSA) is 113 Å². The fourth-order valence-electron chi connectivity index (χ4n) is 4.13. The zero-order valence-electron chi connectivity index (χ0n) is 18.9. The lowest BCUT2D eigenvalue weighted by Crippen LogP contribution is -2.47. The van der Waals surface area contributed by atoms with Crippen LogP contribution in [-0.2, 0) is 19.1 Å². The van der Waals surface area contributed by atoms with Gasteiger partial charge in [0.25, 0.3) is 0 Å². The van der Waals surface area contributed by atoms with Crippen LogP contribution in [0.2, 0.25) is 0 Å². The largest absolute Gasteiger partial charge is 0.468 e. The molecule has 0 saturated carbocycles. The molecule has 2 unspecified atom stereocenters. The summed E-state index contributed by atoms with van der Waals surface area (Å²) >= 11 is 0. The van der Waals surface area contributed by atoms with Crippen LogP contribution in [0, 0.1) is 28.1 Å².